The second-order valence-electron chi connectivity index (χ2n) is 6.65. The van der Waals surface area contributed by atoms with Crippen LogP contribution in [0, 0.1) is 5.92 Å². The second kappa shape index (κ2) is 6.99. The first-order chi connectivity index (χ1) is 10.2. The van der Waals surface area contributed by atoms with Crippen LogP contribution in [0.3, 0.4) is 0 Å². The predicted octanol–water partition coefficient (Wildman–Crippen LogP) is 4.83. The van der Waals surface area contributed by atoms with E-state index in [-0.39, 0.29) is 6.04 Å². The zero-order valence-electron chi connectivity index (χ0n) is 12.9. The number of nitrogens with zero attached hydrogens (tertiary/aromatic N) is 1. The van der Waals surface area contributed by atoms with Gasteiger partial charge in [0.15, 0.2) is 0 Å². The summed E-state index contributed by atoms with van der Waals surface area (Å²) in [6, 6.07) is 5.54. The minimum absolute atomic E-state index is 0.209. The molecule has 118 valence electrons. The summed E-state index contributed by atoms with van der Waals surface area (Å²) >= 11 is 7.90. The molecule has 2 aliphatic rings. The number of thiophene rings is 1. The van der Waals surface area contributed by atoms with Crippen LogP contribution in [-0.2, 0) is 0 Å². The fourth-order valence-electron chi connectivity index (χ4n) is 4.34. The minimum Gasteiger partial charge on any atom is -0.326 e. The van der Waals surface area contributed by atoms with Crippen molar-refractivity contribution < 1.29 is 0 Å². The number of likely N-dealkylation sites (tertiary alicyclic amines) is 1. The summed E-state index contributed by atoms with van der Waals surface area (Å²) in [6.45, 7) is 3.41. The van der Waals surface area contributed by atoms with Crippen molar-refractivity contribution in [1.29, 1.82) is 0 Å². The van der Waals surface area contributed by atoms with E-state index in [0.29, 0.717) is 6.04 Å². The number of rotatable bonds is 4. The Morgan fingerprint density at radius 3 is 2.76 bits per heavy atom. The summed E-state index contributed by atoms with van der Waals surface area (Å²) in [4.78, 5) is 4.10. The summed E-state index contributed by atoms with van der Waals surface area (Å²) < 4.78 is 0.885. The zero-order valence-corrected chi connectivity index (χ0v) is 14.5. The Kier molecular flexibility index (Phi) is 5.26. The van der Waals surface area contributed by atoms with Crippen LogP contribution in [-0.4, -0.2) is 23.5 Å². The molecule has 21 heavy (non-hydrogen) atoms. The molecule has 3 rings (SSSR count). The topological polar surface area (TPSA) is 29.3 Å². The van der Waals surface area contributed by atoms with Gasteiger partial charge in [-0.2, -0.15) is 0 Å². The van der Waals surface area contributed by atoms with Crippen molar-refractivity contribution in [1.82, 2.24) is 4.90 Å². The summed E-state index contributed by atoms with van der Waals surface area (Å²) in [5, 5.41) is 0. The minimum atomic E-state index is 0.209. The number of hydrogen-bond acceptors (Lipinski definition) is 3. The Balaban J connectivity index is 1.87. The normalized spacial score (nSPS) is 29.9. The van der Waals surface area contributed by atoms with Gasteiger partial charge in [-0.15, -0.1) is 11.3 Å². The SMILES string of the molecule is CCC(N)C(c1ccc(Cl)s1)N1CCCC2CCCCC21. The maximum Gasteiger partial charge on any atom is 0.0931 e. The fraction of sp³-hybridized carbons (Fsp3) is 0.765. The number of hydrogen-bond donors (Lipinski definition) is 1. The average Bonchev–Trinajstić information content (AvgIpc) is 2.93. The van der Waals surface area contributed by atoms with Gasteiger partial charge in [0.2, 0.25) is 0 Å². The quantitative estimate of drug-likeness (QED) is 0.858. The van der Waals surface area contributed by atoms with Gasteiger partial charge in [-0.25, -0.2) is 0 Å². The van der Waals surface area contributed by atoms with E-state index >= 15 is 0 Å². The van der Waals surface area contributed by atoms with Crippen LogP contribution in [0.2, 0.25) is 4.34 Å². The van der Waals surface area contributed by atoms with Crippen molar-refractivity contribution >= 4 is 22.9 Å². The highest BCUT2D eigenvalue weighted by Crippen LogP contribution is 2.42. The van der Waals surface area contributed by atoms with Gasteiger partial charge in [0.1, 0.15) is 0 Å². The molecule has 2 heterocycles. The van der Waals surface area contributed by atoms with Crippen LogP contribution in [0.1, 0.15) is 62.8 Å². The van der Waals surface area contributed by atoms with Crippen molar-refractivity contribution in [3.05, 3.63) is 21.3 Å². The smallest absolute Gasteiger partial charge is 0.0931 e. The van der Waals surface area contributed by atoms with Gasteiger partial charge in [-0.3, -0.25) is 4.90 Å². The summed E-state index contributed by atoms with van der Waals surface area (Å²) in [7, 11) is 0. The van der Waals surface area contributed by atoms with Crippen LogP contribution < -0.4 is 5.73 Å². The van der Waals surface area contributed by atoms with Crippen LogP contribution in [0.25, 0.3) is 0 Å². The van der Waals surface area contributed by atoms with Crippen LogP contribution in [0.4, 0.5) is 0 Å². The first-order valence-corrected chi connectivity index (χ1v) is 9.66. The van der Waals surface area contributed by atoms with E-state index < -0.39 is 0 Å². The monoisotopic (exact) mass is 326 g/mol. The third-order valence-electron chi connectivity index (χ3n) is 5.41. The average molecular weight is 327 g/mol. The number of piperidine rings is 1. The van der Waals surface area contributed by atoms with Crippen LogP contribution in [0.5, 0.6) is 0 Å². The Bertz CT molecular complexity index is 459. The third-order valence-corrected chi connectivity index (χ3v) is 6.71. The predicted molar refractivity (Wildman–Crippen MR) is 92.0 cm³/mol. The number of halogens is 1. The van der Waals surface area contributed by atoms with Gasteiger partial charge < -0.3 is 5.73 Å². The van der Waals surface area contributed by atoms with E-state index in [1.54, 1.807) is 11.3 Å². The highest BCUT2D eigenvalue weighted by molar-refractivity contribution is 7.16. The molecule has 0 amide bonds. The standard InChI is InChI=1S/C17H27ClN2S/c1-2-13(19)17(15-9-10-16(18)21-15)20-11-5-7-12-6-3-4-8-14(12)20/h9-10,12-14,17H,2-8,11,19H2,1H3. The van der Waals surface area contributed by atoms with Crippen LogP contribution in [0.15, 0.2) is 12.1 Å². The molecule has 0 radical (unpaired) electrons. The lowest BCUT2D eigenvalue weighted by Gasteiger charge is -2.48. The van der Waals surface area contributed by atoms with Gasteiger partial charge in [0, 0.05) is 17.0 Å². The lowest BCUT2D eigenvalue weighted by atomic mass is 9.77. The summed E-state index contributed by atoms with van der Waals surface area (Å²) in [5.74, 6) is 0.898. The number of fused-ring (bicyclic) bond motifs is 1. The molecule has 0 aromatic carbocycles. The van der Waals surface area contributed by atoms with Gasteiger partial charge >= 0.3 is 0 Å². The lowest BCUT2D eigenvalue weighted by Crippen LogP contribution is -2.52. The van der Waals surface area contributed by atoms with Crippen molar-refractivity contribution in [3.63, 3.8) is 0 Å². The fourth-order valence-corrected chi connectivity index (χ4v) is 5.60. The molecule has 0 bridgehead atoms. The van der Waals surface area contributed by atoms with Crippen molar-refractivity contribution in [3.8, 4) is 0 Å². The van der Waals surface area contributed by atoms with Gasteiger partial charge in [0.25, 0.3) is 0 Å². The molecule has 4 unspecified atom stereocenters. The van der Waals surface area contributed by atoms with Gasteiger partial charge in [-0.05, 0) is 56.7 Å². The summed E-state index contributed by atoms with van der Waals surface area (Å²) in [6.07, 6.45) is 9.35. The van der Waals surface area contributed by atoms with Crippen molar-refractivity contribution in [2.24, 2.45) is 11.7 Å². The van der Waals surface area contributed by atoms with E-state index in [9.17, 15) is 0 Å². The molecule has 2 fully saturated rings. The molecule has 0 spiro atoms. The molecule has 4 heteroatoms. The van der Waals surface area contributed by atoms with E-state index in [4.69, 9.17) is 17.3 Å². The largest absolute Gasteiger partial charge is 0.326 e. The highest BCUT2D eigenvalue weighted by atomic mass is 35.5. The lowest BCUT2D eigenvalue weighted by molar-refractivity contribution is 0.0167. The molecule has 1 saturated carbocycles. The van der Waals surface area contributed by atoms with Gasteiger partial charge in [0.05, 0.1) is 10.4 Å². The van der Waals surface area contributed by atoms with Crippen molar-refractivity contribution in [2.45, 2.75) is 70.0 Å². The molecule has 2 nitrogen and oxygen atoms in total. The molecule has 1 aliphatic heterocycles. The molecular weight excluding hydrogens is 300 g/mol. The molecule has 1 aromatic rings. The third kappa shape index (κ3) is 3.31. The molecule has 2 N–H and O–H groups in total. The first-order valence-electron chi connectivity index (χ1n) is 8.47. The molecular formula is C17H27ClN2S. The van der Waals surface area contributed by atoms with Gasteiger partial charge in [-0.1, -0.05) is 31.4 Å². The summed E-state index contributed by atoms with van der Waals surface area (Å²) in [5.41, 5.74) is 6.53. The van der Waals surface area contributed by atoms with E-state index in [0.717, 1.165) is 22.7 Å². The second-order valence-corrected chi connectivity index (χ2v) is 8.40. The molecule has 4 atom stereocenters. The van der Waals surface area contributed by atoms with E-state index in [1.165, 1.54) is 49.9 Å². The van der Waals surface area contributed by atoms with E-state index in [1.807, 2.05) is 6.07 Å². The first kappa shape index (κ1) is 15.8. The Morgan fingerprint density at radius 1 is 1.29 bits per heavy atom. The Labute approximate surface area is 137 Å². The Morgan fingerprint density at radius 2 is 2.05 bits per heavy atom. The number of nitrogens with two attached hydrogens (primary N) is 1. The molecule has 1 saturated heterocycles. The van der Waals surface area contributed by atoms with E-state index in [2.05, 4.69) is 17.9 Å². The highest BCUT2D eigenvalue weighted by Gasteiger charge is 2.39. The maximum atomic E-state index is 6.53. The Hall–Kier alpha value is -0.0900. The van der Waals surface area contributed by atoms with Crippen molar-refractivity contribution in [2.75, 3.05) is 6.54 Å². The molecule has 1 aromatic heterocycles. The maximum absolute atomic E-state index is 6.53. The zero-order chi connectivity index (χ0) is 14.8. The molecule has 1 aliphatic carbocycles. The van der Waals surface area contributed by atoms with Crippen LogP contribution >= 0.6 is 22.9 Å².